The molecule has 0 aromatic heterocycles. The quantitative estimate of drug-likeness (QED) is 0.843. The Morgan fingerprint density at radius 3 is 2.22 bits per heavy atom. The third kappa shape index (κ3) is 3.38. The fourth-order valence-corrected chi connectivity index (χ4v) is 3.13. The van der Waals surface area contributed by atoms with Gasteiger partial charge in [-0.25, -0.2) is 0 Å². The summed E-state index contributed by atoms with van der Waals surface area (Å²) in [5, 5.41) is 1.12. The first-order chi connectivity index (χ1) is 11.1. The van der Waals surface area contributed by atoms with Crippen LogP contribution in [0.15, 0.2) is 42.5 Å². The van der Waals surface area contributed by atoms with Crippen LogP contribution in [0.3, 0.4) is 0 Å². The number of halogens is 2. The second-order valence-electron chi connectivity index (χ2n) is 5.46. The maximum atomic E-state index is 12.7. The number of nitrogens with two attached hydrogens (primary N) is 1. The van der Waals surface area contributed by atoms with Gasteiger partial charge in [-0.3, -0.25) is 4.79 Å². The molecule has 0 aliphatic carbocycles. The van der Waals surface area contributed by atoms with Gasteiger partial charge in [0.15, 0.2) is 0 Å². The van der Waals surface area contributed by atoms with E-state index in [1.54, 1.807) is 23.1 Å². The van der Waals surface area contributed by atoms with Crippen LogP contribution in [0, 0.1) is 0 Å². The topological polar surface area (TPSA) is 49.6 Å². The van der Waals surface area contributed by atoms with E-state index < -0.39 is 0 Å². The second-order valence-corrected chi connectivity index (χ2v) is 6.30. The molecule has 23 heavy (non-hydrogen) atoms. The highest BCUT2D eigenvalue weighted by atomic mass is 35.5. The molecule has 1 aliphatic rings. The number of rotatable bonds is 2. The van der Waals surface area contributed by atoms with Crippen molar-refractivity contribution in [2.45, 2.75) is 0 Å². The van der Waals surface area contributed by atoms with Crippen molar-refractivity contribution in [1.82, 2.24) is 4.90 Å². The minimum Gasteiger partial charge on any atom is -0.398 e. The molecule has 1 saturated heterocycles. The van der Waals surface area contributed by atoms with Gasteiger partial charge in [0.05, 0.1) is 10.6 Å². The third-order valence-electron chi connectivity index (χ3n) is 4.02. The lowest BCUT2D eigenvalue weighted by Crippen LogP contribution is -2.49. The lowest BCUT2D eigenvalue weighted by Gasteiger charge is -2.36. The highest BCUT2D eigenvalue weighted by Crippen LogP contribution is 2.25. The first-order valence-electron chi connectivity index (χ1n) is 7.40. The molecule has 4 nitrogen and oxygen atoms in total. The summed E-state index contributed by atoms with van der Waals surface area (Å²) in [7, 11) is 0. The molecule has 120 valence electrons. The predicted molar refractivity (Wildman–Crippen MR) is 95.4 cm³/mol. The number of nitrogens with zero attached hydrogens (tertiary/aromatic N) is 2. The average molecular weight is 350 g/mol. The summed E-state index contributed by atoms with van der Waals surface area (Å²) < 4.78 is 0. The van der Waals surface area contributed by atoms with E-state index in [1.165, 1.54) is 0 Å². The Balaban J connectivity index is 1.69. The van der Waals surface area contributed by atoms with Gasteiger partial charge in [-0.1, -0.05) is 29.3 Å². The summed E-state index contributed by atoms with van der Waals surface area (Å²) in [4.78, 5) is 16.7. The van der Waals surface area contributed by atoms with E-state index in [0.29, 0.717) is 29.4 Å². The van der Waals surface area contributed by atoms with Crippen molar-refractivity contribution >= 4 is 40.5 Å². The number of benzene rings is 2. The van der Waals surface area contributed by atoms with Crippen LogP contribution in [-0.2, 0) is 0 Å². The number of piperazine rings is 1. The van der Waals surface area contributed by atoms with Crippen LogP contribution in [0.2, 0.25) is 10.0 Å². The number of carbonyl (C=O) groups is 1. The number of anilines is 2. The number of carbonyl (C=O) groups excluding carboxylic acids is 1. The SMILES string of the molecule is Nc1cccc(Cl)c1C(=O)N1CCN(c2ccc(Cl)cc2)CC1. The molecule has 1 aliphatic heterocycles. The molecule has 0 spiro atoms. The van der Waals surface area contributed by atoms with Gasteiger partial charge < -0.3 is 15.5 Å². The molecule has 6 heteroatoms. The van der Waals surface area contributed by atoms with E-state index in [-0.39, 0.29) is 5.91 Å². The van der Waals surface area contributed by atoms with Gasteiger partial charge in [-0.05, 0) is 36.4 Å². The first kappa shape index (κ1) is 16.0. The zero-order valence-corrected chi connectivity index (χ0v) is 14.0. The largest absolute Gasteiger partial charge is 0.398 e. The van der Waals surface area contributed by atoms with Crippen LogP contribution in [0.25, 0.3) is 0 Å². The third-order valence-corrected chi connectivity index (χ3v) is 4.59. The summed E-state index contributed by atoms with van der Waals surface area (Å²) in [5.41, 5.74) is 7.83. The van der Waals surface area contributed by atoms with Crippen molar-refractivity contribution in [2.75, 3.05) is 36.8 Å². The minimum absolute atomic E-state index is 0.108. The number of nitrogen functional groups attached to an aromatic ring is 1. The molecule has 0 atom stereocenters. The highest BCUT2D eigenvalue weighted by Gasteiger charge is 2.25. The van der Waals surface area contributed by atoms with Crippen LogP contribution >= 0.6 is 23.2 Å². The molecular formula is C17H17Cl2N3O. The van der Waals surface area contributed by atoms with Crippen molar-refractivity contribution in [2.24, 2.45) is 0 Å². The summed E-state index contributed by atoms with van der Waals surface area (Å²) in [6, 6.07) is 12.9. The van der Waals surface area contributed by atoms with Crippen LogP contribution in [0.1, 0.15) is 10.4 Å². The monoisotopic (exact) mass is 349 g/mol. The summed E-state index contributed by atoms with van der Waals surface area (Å²) in [6.45, 7) is 2.79. The summed E-state index contributed by atoms with van der Waals surface area (Å²) in [5.74, 6) is -0.108. The van der Waals surface area contributed by atoms with Crippen LogP contribution in [0.5, 0.6) is 0 Å². The Morgan fingerprint density at radius 1 is 0.957 bits per heavy atom. The van der Waals surface area contributed by atoms with Crippen molar-refractivity contribution < 1.29 is 4.79 Å². The lowest BCUT2D eigenvalue weighted by atomic mass is 10.1. The molecule has 2 N–H and O–H groups in total. The van der Waals surface area contributed by atoms with Gasteiger partial charge in [-0.2, -0.15) is 0 Å². The van der Waals surface area contributed by atoms with Crippen LogP contribution in [0.4, 0.5) is 11.4 Å². The normalized spacial score (nSPS) is 14.9. The molecule has 3 rings (SSSR count). The molecule has 1 heterocycles. The van der Waals surface area contributed by atoms with Gasteiger partial charge >= 0.3 is 0 Å². The molecule has 0 bridgehead atoms. The lowest BCUT2D eigenvalue weighted by molar-refractivity contribution is 0.0748. The fourth-order valence-electron chi connectivity index (χ4n) is 2.74. The van der Waals surface area contributed by atoms with Gasteiger partial charge in [0.25, 0.3) is 5.91 Å². The predicted octanol–water partition coefficient (Wildman–Crippen LogP) is 3.54. The fraction of sp³-hybridized carbons (Fsp3) is 0.235. The summed E-state index contributed by atoms with van der Waals surface area (Å²) >= 11 is 12.0. The van der Waals surface area contributed by atoms with E-state index in [4.69, 9.17) is 28.9 Å². The molecule has 2 aromatic rings. The van der Waals surface area contributed by atoms with Crippen LogP contribution < -0.4 is 10.6 Å². The zero-order chi connectivity index (χ0) is 16.4. The van der Waals surface area contributed by atoms with Gasteiger partial charge in [0.2, 0.25) is 0 Å². The van der Waals surface area contributed by atoms with Crippen molar-refractivity contribution in [1.29, 1.82) is 0 Å². The summed E-state index contributed by atoms with van der Waals surface area (Å²) in [6.07, 6.45) is 0. The van der Waals surface area contributed by atoms with Crippen LogP contribution in [-0.4, -0.2) is 37.0 Å². The van der Waals surface area contributed by atoms with Gasteiger partial charge in [-0.15, -0.1) is 0 Å². The number of hydrogen-bond donors (Lipinski definition) is 1. The van der Waals surface area contributed by atoms with E-state index >= 15 is 0 Å². The smallest absolute Gasteiger partial charge is 0.257 e. The van der Waals surface area contributed by atoms with E-state index in [2.05, 4.69) is 4.90 Å². The molecular weight excluding hydrogens is 333 g/mol. The maximum absolute atomic E-state index is 12.7. The van der Waals surface area contributed by atoms with E-state index in [0.717, 1.165) is 23.8 Å². The Morgan fingerprint density at radius 2 is 1.61 bits per heavy atom. The Hall–Kier alpha value is -1.91. The molecule has 0 radical (unpaired) electrons. The maximum Gasteiger partial charge on any atom is 0.257 e. The highest BCUT2D eigenvalue weighted by molar-refractivity contribution is 6.34. The number of hydrogen-bond acceptors (Lipinski definition) is 3. The van der Waals surface area contributed by atoms with Crippen molar-refractivity contribution in [3.8, 4) is 0 Å². The van der Waals surface area contributed by atoms with Gasteiger partial charge in [0, 0.05) is 42.6 Å². The van der Waals surface area contributed by atoms with Gasteiger partial charge in [0.1, 0.15) is 0 Å². The van der Waals surface area contributed by atoms with Crippen molar-refractivity contribution in [3.05, 3.63) is 58.1 Å². The molecule has 1 fully saturated rings. The van der Waals surface area contributed by atoms with Crippen molar-refractivity contribution in [3.63, 3.8) is 0 Å². The minimum atomic E-state index is -0.108. The Kier molecular flexibility index (Phi) is 4.64. The Labute approximate surface area is 145 Å². The number of amides is 1. The zero-order valence-electron chi connectivity index (χ0n) is 12.5. The van der Waals surface area contributed by atoms with E-state index in [9.17, 15) is 4.79 Å². The molecule has 1 amide bonds. The standard InChI is InChI=1S/C17H17Cl2N3O/c18-12-4-6-13(7-5-12)21-8-10-22(11-9-21)17(23)16-14(19)2-1-3-15(16)20/h1-7H,8-11,20H2. The first-order valence-corrected chi connectivity index (χ1v) is 8.15. The second kappa shape index (κ2) is 6.69. The molecule has 2 aromatic carbocycles. The Bertz CT molecular complexity index is 690. The van der Waals surface area contributed by atoms with E-state index in [1.807, 2.05) is 24.3 Å². The molecule has 0 unspecified atom stereocenters. The average Bonchev–Trinajstić information content (AvgIpc) is 2.55. The molecule has 0 saturated carbocycles.